The normalized spacial score (nSPS) is 11.9. The fraction of sp³-hybridized carbons (Fsp3) is 0.188. The number of halogens is 1. The zero-order valence-corrected chi connectivity index (χ0v) is 13.7. The largest absolute Gasteiger partial charge is 0.477 e. The van der Waals surface area contributed by atoms with Crippen LogP contribution in [0.2, 0.25) is 0 Å². The molecule has 0 aliphatic carbocycles. The third-order valence-corrected chi connectivity index (χ3v) is 3.70. The van der Waals surface area contributed by atoms with Gasteiger partial charge in [0.2, 0.25) is 5.95 Å². The minimum atomic E-state index is -1.19. The molecular weight excluding hydrogens is 343 g/mol. The van der Waals surface area contributed by atoms with Crippen molar-refractivity contribution in [2.24, 2.45) is 0 Å². The maximum Gasteiger partial charge on any atom is 0.354 e. The number of carboxylic acids is 1. The molecule has 3 rings (SSSR count). The minimum absolute atomic E-state index is 0.0298. The molecule has 9 nitrogen and oxygen atoms in total. The Morgan fingerprint density at radius 2 is 2.08 bits per heavy atom. The zero-order valence-electron chi connectivity index (χ0n) is 13.7. The van der Waals surface area contributed by atoms with Crippen LogP contribution >= 0.6 is 0 Å². The number of anilines is 1. The molecule has 2 heterocycles. The van der Waals surface area contributed by atoms with Gasteiger partial charge in [-0.15, -0.1) is 5.10 Å². The first-order valence-corrected chi connectivity index (χ1v) is 7.66. The number of rotatable bonds is 6. The van der Waals surface area contributed by atoms with Gasteiger partial charge in [-0.3, -0.25) is 10.1 Å². The number of amides is 1. The van der Waals surface area contributed by atoms with Crippen molar-refractivity contribution >= 4 is 17.8 Å². The van der Waals surface area contributed by atoms with Crippen LogP contribution in [0.5, 0.6) is 0 Å². The number of carbonyl (C=O) groups excluding carboxylic acids is 1. The first kappa shape index (κ1) is 17.3. The van der Waals surface area contributed by atoms with Crippen LogP contribution in [0.25, 0.3) is 0 Å². The lowest BCUT2D eigenvalue weighted by atomic mass is 10.2. The molecule has 1 unspecified atom stereocenters. The third kappa shape index (κ3) is 3.58. The van der Waals surface area contributed by atoms with Gasteiger partial charge in [0.15, 0.2) is 0 Å². The molecule has 10 heteroatoms. The van der Waals surface area contributed by atoms with Crippen molar-refractivity contribution < 1.29 is 19.1 Å². The summed E-state index contributed by atoms with van der Waals surface area (Å²) in [5.74, 6) is -2.04. The lowest BCUT2D eigenvalue weighted by Crippen LogP contribution is -2.27. The molecule has 0 spiro atoms. The second-order valence-electron chi connectivity index (χ2n) is 5.49. The molecular formula is C16H15FN6O3. The van der Waals surface area contributed by atoms with Gasteiger partial charge in [0.1, 0.15) is 23.9 Å². The summed E-state index contributed by atoms with van der Waals surface area (Å²) < 4.78 is 16.1. The Kier molecular flexibility index (Phi) is 4.74. The number of carbonyl (C=O) groups is 2. The van der Waals surface area contributed by atoms with E-state index in [9.17, 15) is 14.0 Å². The number of nitrogens with one attached hydrogen (secondary N) is 1. The van der Waals surface area contributed by atoms with Crippen molar-refractivity contribution in [3.05, 3.63) is 59.9 Å². The van der Waals surface area contributed by atoms with Crippen molar-refractivity contribution in [2.45, 2.75) is 19.5 Å². The predicted octanol–water partition coefficient (Wildman–Crippen LogP) is 1.56. The Hall–Kier alpha value is -3.56. The number of benzene rings is 1. The topological polar surface area (TPSA) is 115 Å². The molecule has 2 aromatic heterocycles. The smallest absolute Gasteiger partial charge is 0.354 e. The molecule has 0 radical (unpaired) electrons. The van der Waals surface area contributed by atoms with E-state index in [0.717, 1.165) is 4.68 Å². The average Bonchev–Trinajstić information content (AvgIpc) is 3.25. The van der Waals surface area contributed by atoms with Gasteiger partial charge in [-0.1, -0.05) is 18.2 Å². The van der Waals surface area contributed by atoms with E-state index in [1.54, 1.807) is 18.2 Å². The first-order valence-electron chi connectivity index (χ1n) is 7.66. The van der Waals surface area contributed by atoms with E-state index in [-0.39, 0.29) is 24.0 Å². The monoisotopic (exact) mass is 358 g/mol. The second-order valence-corrected chi connectivity index (χ2v) is 5.49. The van der Waals surface area contributed by atoms with Crippen LogP contribution in [0.15, 0.2) is 42.9 Å². The highest BCUT2D eigenvalue weighted by molar-refractivity contribution is 5.93. The van der Waals surface area contributed by atoms with Gasteiger partial charge in [-0.2, -0.15) is 5.10 Å². The van der Waals surface area contributed by atoms with Gasteiger partial charge < -0.3 is 5.11 Å². The highest BCUT2D eigenvalue weighted by Gasteiger charge is 2.22. The molecule has 0 aliphatic heterocycles. The fourth-order valence-corrected chi connectivity index (χ4v) is 2.35. The SMILES string of the molecule is CC(C(=O)Nc1ncn(Cc2ccccc2F)n1)n1nccc1C(=O)O. The number of hydrogen-bond donors (Lipinski definition) is 2. The van der Waals surface area contributed by atoms with Gasteiger partial charge in [0, 0.05) is 11.8 Å². The predicted molar refractivity (Wildman–Crippen MR) is 88.1 cm³/mol. The molecule has 26 heavy (non-hydrogen) atoms. The summed E-state index contributed by atoms with van der Waals surface area (Å²) in [7, 11) is 0. The Morgan fingerprint density at radius 1 is 1.31 bits per heavy atom. The van der Waals surface area contributed by atoms with Gasteiger partial charge >= 0.3 is 5.97 Å². The van der Waals surface area contributed by atoms with Gasteiger partial charge in [-0.05, 0) is 19.1 Å². The van der Waals surface area contributed by atoms with E-state index >= 15 is 0 Å². The van der Waals surface area contributed by atoms with E-state index in [1.807, 2.05) is 0 Å². The third-order valence-electron chi connectivity index (χ3n) is 3.70. The van der Waals surface area contributed by atoms with Gasteiger partial charge in [0.05, 0.1) is 6.54 Å². The average molecular weight is 358 g/mol. The summed E-state index contributed by atoms with van der Waals surface area (Å²) in [5.41, 5.74) is 0.331. The molecule has 2 N–H and O–H groups in total. The highest BCUT2D eigenvalue weighted by Crippen LogP contribution is 2.12. The Morgan fingerprint density at radius 3 is 2.81 bits per heavy atom. The standard InChI is InChI=1S/C16H15FN6O3/c1-10(23-13(15(25)26)6-7-19-23)14(24)20-16-18-9-22(21-16)8-11-4-2-3-5-12(11)17/h2-7,9-10H,8H2,1H3,(H,25,26)(H,20,21,24). The van der Waals surface area contributed by atoms with Crippen LogP contribution in [0.3, 0.4) is 0 Å². The summed E-state index contributed by atoms with van der Waals surface area (Å²) in [6.45, 7) is 1.67. The Bertz CT molecular complexity index is 951. The molecule has 0 saturated carbocycles. The summed E-state index contributed by atoms with van der Waals surface area (Å²) >= 11 is 0. The van der Waals surface area contributed by atoms with Crippen LogP contribution in [-0.4, -0.2) is 41.5 Å². The van der Waals surface area contributed by atoms with Crippen LogP contribution < -0.4 is 5.32 Å². The van der Waals surface area contributed by atoms with E-state index in [4.69, 9.17) is 5.11 Å². The molecule has 0 aliphatic rings. The van der Waals surface area contributed by atoms with Crippen molar-refractivity contribution in [3.8, 4) is 0 Å². The second kappa shape index (κ2) is 7.13. The molecule has 1 atom stereocenters. The van der Waals surface area contributed by atoms with Gasteiger partial charge in [-0.25, -0.2) is 23.5 Å². The molecule has 1 aromatic carbocycles. The summed E-state index contributed by atoms with van der Waals surface area (Å²) in [4.78, 5) is 27.4. The number of carboxylic acid groups (broad SMARTS) is 1. The molecule has 1 amide bonds. The first-order chi connectivity index (χ1) is 12.5. The van der Waals surface area contributed by atoms with E-state index in [0.29, 0.717) is 5.56 Å². The number of aromatic carboxylic acids is 1. The van der Waals surface area contributed by atoms with Crippen molar-refractivity contribution in [1.82, 2.24) is 24.5 Å². The maximum absolute atomic E-state index is 13.7. The van der Waals surface area contributed by atoms with Crippen LogP contribution in [0, 0.1) is 5.82 Å². The fourth-order valence-electron chi connectivity index (χ4n) is 2.35. The number of aromatic nitrogens is 5. The van der Waals surface area contributed by atoms with Crippen LogP contribution in [0.1, 0.15) is 29.0 Å². The molecule has 0 fully saturated rings. The van der Waals surface area contributed by atoms with Crippen molar-refractivity contribution in [3.63, 3.8) is 0 Å². The number of nitrogens with zero attached hydrogens (tertiary/aromatic N) is 5. The summed E-state index contributed by atoms with van der Waals surface area (Å²) in [6.07, 6.45) is 2.66. The van der Waals surface area contributed by atoms with Crippen LogP contribution in [0.4, 0.5) is 10.3 Å². The molecule has 134 valence electrons. The Labute approximate surface area is 147 Å². The number of hydrogen-bond acceptors (Lipinski definition) is 5. The lowest BCUT2D eigenvalue weighted by molar-refractivity contribution is -0.119. The highest BCUT2D eigenvalue weighted by atomic mass is 19.1. The maximum atomic E-state index is 13.7. The summed E-state index contributed by atoms with van der Waals surface area (Å²) in [6, 6.07) is 6.70. The lowest BCUT2D eigenvalue weighted by Gasteiger charge is -2.12. The summed E-state index contributed by atoms with van der Waals surface area (Å²) in [5, 5.41) is 19.5. The van der Waals surface area contributed by atoms with Gasteiger partial charge in [0.25, 0.3) is 5.91 Å². The zero-order chi connectivity index (χ0) is 18.7. The van der Waals surface area contributed by atoms with E-state index in [2.05, 4.69) is 20.5 Å². The molecule has 0 bridgehead atoms. The Balaban J connectivity index is 1.68. The molecule has 3 aromatic rings. The van der Waals surface area contributed by atoms with Crippen molar-refractivity contribution in [1.29, 1.82) is 0 Å². The van der Waals surface area contributed by atoms with E-state index in [1.165, 1.54) is 36.3 Å². The van der Waals surface area contributed by atoms with E-state index < -0.39 is 17.9 Å². The quantitative estimate of drug-likeness (QED) is 0.691. The van der Waals surface area contributed by atoms with Crippen LogP contribution in [-0.2, 0) is 11.3 Å². The van der Waals surface area contributed by atoms with Crippen molar-refractivity contribution in [2.75, 3.05) is 5.32 Å². The minimum Gasteiger partial charge on any atom is -0.477 e. The molecule has 0 saturated heterocycles.